The molecule has 0 fully saturated rings. The molecule has 0 radical (unpaired) electrons. The Labute approximate surface area is 92.1 Å². The summed E-state index contributed by atoms with van der Waals surface area (Å²) < 4.78 is 16.3. The molecule has 0 saturated carbocycles. The zero-order valence-corrected chi connectivity index (χ0v) is 9.83. The largest absolute Gasteiger partial charge is 0.497 e. The smallest absolute Gasteiger partial charge is 0.133 e. The first-order valence-electron chi connectivity index (χ1n) is 4.23. The second kappa shape index (κ2) is 5.88. The third-order valence-electron chi connectivity index (χ3n) is 1.68. The van der Waals surface area contributed by atoms with Gasteiger partial charge in [0.1, 0.15) is 18.1 Å². The molecular weight excluding hydrogens is 248 g/mol. The molecule has 0 spiro atoms. The van der Waals surface area contributed by atoms with Crippen molar-refractivity contribution < 1.29 is 14.2 Å². The maximum absolute atomic E-state index is 5.45. The molecule has 0 aromatic heterocycles. The van der Waals surface area contributed by atoms with Crippen molar-refractivity contribution in [1.29, 1.82) is 0 Å². The lowest BCUT2D eigenvalue weighted by atomic mass is 10.3. The van der Waals surface area contributed by atoms with E-state index >= 15 is 0 Å². The van der Waals surface area contributed by atoms with Crippen molar-refractivity contribution in [2.45, 2.75) is 0 Å². The van der Waals surface area contributed by atoms with E-state index in [1.54, 1.807) is 14.2 Å². The van der Waals surface area contributed by atoms with Gasteiger partial charge in [0, 0.05) is 7.11 Å². The molecule has 0 atom stereocenters. The maximum atomic E-state index is 5.45. The minimum absolute atomic E-state index is 0.543. The fraction of sp³-hybridized carbons (Fsp3) is 0.400. The highest BCUT2D eigenvalue weighted by atomic mass is 79.9. The first kappa shape index (κ1) is 11.3. The molecule has 0 unspecified atom stereocenters. The average Bonchev–Trinajstić information content (AvgIpc) is 2.20. The van der Waals surface area contributed by atoms with Crippen LogP contribution >= 0.6 is 15.9 Å². The molecule has 0 amide bonds. The Morgan fingerprint density at radius 1 is 1.21 bits per heavy atom. The summed E-state index contributed by atoms with van der Waals surface area (Å²) in [5.41, 5.74) is 0. The Kier molecular flexibility index (Phi) is 4.76. The zero-order chi connectivity index (χ0) is 10.4. The van der Waals surface area contributed by atoms with E-state index in [9.17, 15) is 0 Å². The molecule has 0 aliphatic rings. The first-order valence-corrected chi connectivity index (χ1v) is 5.02. The highest BCUT2D eigenvalue weighted by Gasteiger charge is 2.02. The molecule has 0 N–H and O–H groups in total. The van der Waals surface area contributed by atoms with Gasteiger partial charge >= 0.3 is 0 Å². The quantitative estimate of drug-likeness (QED) is 0.762. The Morgan fingerprint density at radius 2 is 2.00 bits per heavy atom. The first-order chi connectivity index (χ1) is 6.77. The number of methoxy groups -OCH3 is 2. The van der Waals surface area contributed by atoms with Gasteiger partial charge in [0.05, 0.1) is 18.2 Å². The standard InChI is InChI=1S/C10H13BrO3/c1-12-5-6-14-10-4-3-8(13-2)7-9(10)11/h3-4,7H,5-6H2,1-2H3. The predicted octanol–water partition coefficient (Wildman–Crippen LogP) is 2.48. The van der Waals surface area contributed by atoms with Crippen LogP contribution in [0.5, 0.6) is 11.5 Å². The second-order valence-corrected chi connectivity index (χ2v) is 3.49. The van der Waals surface area contributed by atoms with Gasteiger partial charge in [0.15, 0.2) is 0 Å². The molecule has 4 heteroatoms. The van der Waals surface area contributed by atoms with E-state index in [1.807, 2.05) is 18.2 Å². The van der Waals surface area contributed by atoms with Gasteiger partial charge in [-0.25, -0.2) is 0 Å². The van der Waals surface area contributed by atoms with Gasteiger partial charge in [-0.1, -0.05) is 0 Å². The minimum atomic E-state index is 0.543. The SMILES string of the molecule is COCCOc1ccc(OC)cc1Br. The Hall–Kier alpha value is -0.740. The molecule has 1 aromatic rings. The Morgan fingerprint density at radius 3 is 2.57 bits per heavy atom. The van der Waals surface area contributed by atoms with Gasteiger partial charge in [0.2, 0.25) is 0 Å². The molecule has 14 heavy (non-hydrogen) atoms. The number of rotatable bonds is 5. The van der Waals surface area contributed by atoms with Crippen LogP contribution in [0.1, 0.15) is 0 Å². The topological polar surface area (TPSA) is 27.7 Å². The van der Waals surface area contributed by atoms with Crippen LogP contribution in [0.25, 0.3) is 0 Å². The molecule has 3 nitrogen and oxygen atoms in total. The van der Waals surface area contributed by atoms with Gasteiger partial charge < -0.3 is 14.2 Å². The van der Waals surface area contributed by atoms with E-state index in [4.69, 9.17) is 14.2 Å². The minimum Gasteiger partial charge on any atom is -0.497 e. The van der Waals surface area contributed by atoms with Crippen molar-refractivity contribution in [2.75, 3.05) is 27.4 Å². The zero-order valence-electron chi connectivity index (χ0n) is 8.25. The molecule has 1 aromatic carbocycles. The number of benzene rings is 1. The summed E-state index contributed by atoms with van der Waals surface area (Å²) in [6.07, 6.45) is 0. The van der Waals surface area contributed by atoms with Crippen LogP contribution in [0.3, 0.4) is 0 Å². The molecule has 0 aliphatic carbocycles. The van der Waals surface area contributed by atoms with Crippen LogP contribution in [-0.2, 0) is 4.74 Å². The predicted molar refractivity (Wildman–Crippen MR) is 58.1 cm³/mol. The summed E-state index contributed by atoms with van der Waals surface area (Å²) in [6, 6.07) is 5.58. The Bertz CT molecular complexity index is 289. The highest BCUT2D eigenvalue weighted by molar-refractivity contribution is 9.10. The van der Waals surface area contributed by atoms with E-state index in [0.717, 1.165) is 16.0 Å². The van der Waals surface area contributed by atoms with Crippen LogP contribution in [0.15, 0.2) is 22.7 Å². The summed E-state index contributed by atoms with van der Waals surface area (Å²) >= 11 is 3.39. The van der Waals surface area contributed by atoms with Gasteiger partial charge in [-0.05, 0) is 34.1 Å². The van der Waals surface area contributed by atoms with Crippen molar-refractivity contribution >= 4 is 15.9 Å². The van der Waals surface area contributed by atoms with Gasteiger partial charge in [-0.3, -0.25) is 0 Å². The third kappa shape index (κ3) is 3.20. The van der Waals surface area contributed by atoms with Crippen molar-refractivity contribution in [3.05, 3.63) is 22.7 Å². The normalized spacial score (nSPS) is 9.93. The lowest BCUT2D eigenvalue weighted by Crippen LogP contribution is -2.04. The lowest BCUT2D eigenvalue weighted by Gasteiger charge is -2.08. The lowest BCUT2D eigenvalue weighted by molar-refractivity contribution is 0.146. The van der Waals surface area contributed by atoms with E-state index in [1.165, 1.54) is 0 Å². The summed E-state index contributed by atoms with van der Waals surface area (Å²) in [4.78, 5) is 0. The van der Waals surface area contributed by atoms with Gasteiger partial charge in [0.25, 0.3) is 0 Å². The average molecular weight is 261 g/mol. The molecule has 0 heterocycles. The highest BCUT2D eigenvalue weighted by Crippen LogP contribution is 2.28. The van der Waals surface area contributed by atoms with Crippen molar-refractivity contribution in [1.82, 2.24) is 0 Å². The molecule has 0 bridgehead atoms. The van der Waals surface area contributed by atoms with Crippen molar-refractivity contribution in [2.24, 2.45) is 0 Å². The van der Waals surface area contributed by atoms with E-state index < -0.39 is 0 Å². The molecule has 78 valence electrons. The van der Waals surface area contributed by atoms with Crippen molar-refractivity contribution in [3.8, 4) is 11.5 Å². The molecule has 1 rings (SSSR count). The van der Waals surface area contributed by atoms with Gasteiger partial charge in [-0.2, -0.15) is 0 Å². The fourth-order valence-electron chi connectivity index (χ4n) is 0.961. The van der Waals surface area contributed by atoms with Crippen LogP contribution in [0.2, 0.25) is 0 Å². The van der Waals surface area contributed by atoms with Crippen LogP contribution in [-0.4, -0.2) is 27.4 Å². The van der Waals surface area contributed by atoms with Crippen molar-refractivity contribution in [3.63, 3.8) is 0 Å². The van der Waals surface area contributed by atoms with Gasteiger partial charge in [-0.15, -0.1) is 0 Å². The number of hydrogen-bond donors (Lipinski definition) is 0. The molecule has 0 saturated heterocycles. The van der Waals surface area contributed by atoms with E-state index in [-0.39, 0.29) is 0 Å². The van der Waals surface area contributed by atoms with E-state index in [0.29, 0.717) is 13.2 Å². The third-order valence-corrected chi connectivity index (χ3v) is 2.30. The monoisotopic (exact) mass is 260 g/mol. The number of ether oxygens (including phenoxy) is 3. The molecule has 0 aliphatic heterocycles. The summed E-state index contributed by atoms with van der Waals surface area (Å²) in [5.74, 6) is 1.60. The summed E-state index contributed by atoms with van der Waals surface area (Å²) in [5, 5.41) is 0. The van der Waals surface area contributed by atoms with E-state index in [2.05, 4.69) is 15.9 Å². The van der Waals surface area contributed by atoms with Crippen LogP contribution < -0.4 is 9.47 Å². The molecular formula is C10H13BrO3. The maximum Gasteiger partial charge on any atom is 0.133 e. The summed E-state index contributed by atoms with van der Waals surface area (Å²) in [6.45, 7) is 1.12. The fourth-order valence-corrected chi connectivity index (χ4v) is 1.43. The van der Waals surface area contributed by atoms with Crippen LogP contribution in [0, 0.1) is 0 Å². The number of halogens is 1. The second-order valence-electron chi connectivity index (χ2n) is 2.64. The van der Waals surface area contributed by atoms with Crippen LogP contribution in [0.4, 0.5) is 0 Å². The number of hydrogen-bond acceptors (Lipinski definition) is 3. The Balaban J connectivity index is 2.59. The summed E-state index contributed by atoms with van der Waals surface area (Å²) in [7, 11) is 3.28.